The monoisotopic (exact) mass is 242 g/mol. The SMILES string of the molecule is COc1c(N)nsc1N1CCN(C)CC1C. The highest BCUT2D eigenvalue weighted by atomic mass is 32.1. The van der Waals surface area contributed by atoms with Gasteiger partial charge in [0, 0.05) is 25.7 Å². The van der Waals surface area contributed by atoms with Crippen molar-refractivity contribution in [2.75, 3.05) is 44.4 Å². The lowest BCUT2D eigenvalue weighted by Crippen LogP contribution is -2.50. The second kappa shape index (κ2) is 4.47. The van der Waals surface area contributed by atoms with E-state index in [2.05, 4.69) is 28.1 Å². The molecule has 1 atom stereocenters. The first-order valence-corrected chi connectivity index (χ1v) is 6.15. The largest absolute Gasteiger partial charge is 0.490 e. The van der Waals surface area contributed by atoms with Crippen LogP contribution in [0, 0.1) is 0 Å². The fourth-order valence-corrected chi connectivity index (χ4v) is 3.02. The van der Waals surface area contributed by atoms with Gasteiger partial charge < -0.3 is 20.3 Å². The summed E-state index contributed by atoms with van der Waals surface area (Å²) in [6.45, 7) is 5.33. The Labute approximate surface area is 100.0 Å². The van der Waals surface area contributed by atoms with Crippen molar-refractivity contribution < 1.29 is 4.74 Å². The van der Waals surface area contributed by atoms with Gasteiger partial charge in [-0.15, -0.1) is 0 Å². The summed E-state index contributed by atoms with van der Waals surface area (Å²) in [5.41, 5.74) is 5.77. The maximum absolute atomic E-state index is 5.77. The van der Waals surface area contributed by atoms with Crippen molar-refractivity contribution in [3.8, 4) is 5.75 Å². The van der Waals surface area contributed by atoms with Crippen LogP contribution in [-0.2, 0) is 0 Å². The van der Waals surface area contributed by atoms with Gasteiger partial charge in [0.15, 0.2) is 16.6 Å². The molecule has 0 spiro atoms. The van der Waals surface area contributed by atoms with Crippen LogP contribution in [0.1, 0.15) is 6.92 Å². The van der Waals surface area contributed by atoms with Crippen LogP contribution in [-0.4, -0.2) is 49.1 Å². The molecule has 1 fully saturated rings. The standard InChI is InChI=1S/C10H18N4OS/c1-7-6-13(2)4-5-14(7)10-8(15-3)9(11)12-16-10/h7H,4-6H2,1-3H3,(H2,11,12). The Balaban J connectivity index is 2.23. The predicted octanol–water partition coefficient (Wildman–Crippen LogP) is 0.874. The molecule has 2 rings (SSSR count). The van der Waals surface area contributed by atoms with E-state index in [9.17, 15) is 0 Å². The highest BCUT2D eigenvalue weighted by Gasteiger charge is 2.26. The number of piperazine rings is 1. The van der Waals surface area contributed by atoms with Crippen LogP contribution in [0.15, 0.2) is 0 Å². The van der Waals surface area contributed by atoms with E-state index in [0.29, 0.717) is 11.9 Å². The summed E-state index contributed by atoms with van der Waals surface area (Å²) in [5.74, 6) is 1.22. The van der Waals surface area contributed by atoms with E-state index in [1.54, 1.807) is 7.11 Å². The van der Waals surface area contributed by atoms with Crippen LogP contribution in [0.3, 0.4) is 0 Å². The quantitative estimate of drug-likeness (QED) is 0.834. The molecule has 90 valence electrons. The first kappa shape index (κ1) is 11.5. The van der Waals surface area contributed by atoms with Gasteiger partial charge >= 0.3 is 0 Å². The van der Waals surface area contributed by atoms with Crippen LogP contribution >= 0.6 is 11.5 Å². The number of likely N-dealkylation sites (N-methyl/N-ethyl adjacent to an activating group) is 1. The lowest BCUT2D eigenvalue weighted by Gasteiger charge is -2.38. The fraction of sp³-hybridized carbons (Fsp3) is 0.700. The first-order valence-electron chi connectivity index (χ1n) is 5.37. The lowest BCUT2D eigenvalue weighted by molar-refractivity contribution is 0.275. The number of nitrogens with two attached hydrogens (primary N) is 1. The molecule has 0 aromatic carbocycles. The maximum atomic E-state index is 5.77. The third-order valence-corrected chi connectivity index (χ3v) is 3.83. The van der Waals surface area contributed by atoms with Gasteiger partial charge in [-0.1, -0.05) is 0 Å². The second-order valence-electron chi connectivity index (χ2n) is 4.21. The molecular formula is C10H18N4OS. The average molecular weight is 242 g/mol. The summed E-state index contributed by atoms with van der Waals surface area (Å²) in [4.78, 5) is 4.66. The molecule has 1 aromatic heterocycles. The van der Waals surface area contributed by atoms with Gasteiger partial charge in [-0.3, -0.25) is 0 Å². The molecule has 16 heavy (non-hydrogen) atoms. The molecule has 2 N–H and O–H groups in total. The molecule has 0 aliphatic carbocycles. The van der Waals surface area contributed by atoms with E-state index >= 15 is 0 Å². The minimum atomic E-state index is 0.465. The number of nitrogens with zero attached hydrogens (tertiary/aromatic N) is 3. The number of nitrogen functional groups attached to an aromatic ring is 1. The lowest BCUT2D eigenvalue weighted by atomic mass is 10.2. The molecule has 6 heteroatoms. The zero-order valence-corrected chi connectivity index (χ0v) is 10.8. The number of rotatable bonds is 2. The zero-order chi connectivity index (χ0) is 11.7. The minimum Gasteiger partial charge on any atom is -0.490 e. The summed E-state index contributed by atoms with van der Waals surface area (Å²) >= 11 is 1.42. The summed E-state index contributed by atoms with van der Waals surface area (Å²) in [6.07, 6.45) is 0. The van der Waals surface area contributed by atoms with Crippen molar-refractivity contribution in [3.05, 3.63) is 0 Å². The molecular weight excluding hydrogens is 224 g/mol. The number of hydrogen-bond acceptors (Lipinski definition) is 6. The Morgan fingerprint density at radius 1 is 1.50 bits per heavy atom. The maximum Gasteiger partial charge on any atom is 0.197 e. The van der Waals surface area contributed by atoms with Crippen LogP contribution in [0.25, 0.3) is 0 Å². The molecule has 1 aliphatic rings. The molecule has 1 aliphatic heterocycles. The van der Waals surface area contributed by atoms with Gasteiger partial charge in [0.05, 0.1) is 7.11 Å². The van der Waals surface area contributed by atoms with Crippen LogP contribution < -0.4 is 15.4 Å². The fourth-order valence-electron chi connectivity index (χ4n) is 2.10. The summed E-state index contributed by atoms with van der Waals surface area (Å²) in [5, 5.41) is 1.06. The number of hydrogen-bond donors (Lipinski definition) is 1. The van der Waals surface area contributed by atoms with Gasteiger partial charge in [0.25, 0.3) is 0 Å². The van der Waals surface area contributed by atoms with Crippen molar-refractivity contribution in [2.24, 2.45) is 0 Å². The Morgan fingerprint density at radius 3 is 2.88 bits per heavy atom. The predicted molar refractivity (Wildman–Crippen MR) is 67.4 cm³/mol. The molecule has 0 saturated carbocycles. The molecule has 1 aromatic rings. The van der Waals surface area contributed by atoms with Crippen molar-refractivity contribution in [2.45, 2.75) is 13.0 Å². The Hall–Kier alpha value is -1.01. The number of methoxy groups -OCH3 is 1. The molecule has 1 unspecified atom stereocenters. The van der Waals surface area contributed by atoms with Gasteiger partial charge in [0.2, 0.25) is 0 Å². The third-order valence-electron chi connectivity index (χ3n) is 2.95. The number of anilines is 2. The van der Waals surface area contributed by atoms with E-state index in [1.165, 1.54) is 11.5 Å². The Kier molecular flexibility index (Phi) is 3.20. The van der Waals surface area contributed by atoms with Crippen molar-refractivity contribution in [1.29, 1.82) is 0 Å². The summed E-state index contributed by atoms with van der Waals surface area (Å²) in [7, 11) is 3.79. The Morgan fingerprint density at radius 2 is 2.25 bits per heavy atom. The molecule has 2 heterocycles. The van der Waals surface area contributed by atoms with E-state index in [4.69, 9.17) is 10.5 Å². The van der Waals surface area contributed by atoms with Gasteiger partial charge in [-0.25, -0.2) is 0 Å². The normalized spacial score (nSPS) is 22.4. The summed E-state index contributed by atoms with van der Waals surface area (Å²) in [6, 6.07) is 0.465. The third kappa shape index (κ3) is 1.94. The smallest absolute Gasteiger partial charge is 0.197 e. The van der Waals surface area contributed by atoms with Crippen molar-refractivity contribution in [1.82, 2.24) is 9.27 Å². The molecule has 5 nitrogen and oxygen atoms in total. The zero-order valence-electron chi connectivity index (χ0n) is 9.93. The summed E-state index contributed by atoms with van der Waals surface area (Å²) < 4.78 is 9.47. The topological polar surface area (TPSA) is 54.6 Å². The van der Waals surface area contributed by atoms with Gasteiger partial charge in [-0.05, 0) is 25.5 Å². The van der Waals surface area contributed by atoms with E-state index in [-0.39, 0.29) is 0 Å². The number of aromatic nitrogens is 1. The molecule has 0 bridgehead atoms. The van der Waals surface area contributed by atoms with Crippen molar-refractivity contribution in [3.63, 3.8) is 0 Å². The molecule has 0 amide bonds. The second-order valence-corrected chi connectivity index (χ2v) is 4.96. The molecule has 1 saturated heterocycles. The van der Waals surface area contributed by atoms with Crippen LogP contribution in [0.5, 0.6) is 5.75 Å². The van der Waals surface area contributed by atoms with E-state index < -0.39 is 0 Å². The van der Waals surface area contributed by atoms with E-state index in [1.807, 2.05) is 0 Å². The highest BCUT2D eigenvalue weighted by molar-refractivity contribution is 7.11. The van der Waals surface area contributed by atoms with Gasteiger partial charge in [-0.2, -0.15) is 4.37 Å². The van der Waals surface area contributed by atoms with E-state index in [0.717, 1.165) is 30.4 Å². The average Bonchev–Trinajstić information content (AvgIpc) is 2.59. The Bertz CT molecular complexity index is 368. The minimum absolute atomic E-state index is 0.465. The molecule has 0 radical (unpaired) electrons. The van der Waals surface area contributed by atoms with Crippen molar-refractivity contribution >= 4 is 22.4 Å². The number of ether oxygens (including phenoxy) is 1. The van der Waals surface area contributed by atoms with Crippen LogP contribution in [0.2, 0.25) is 0 Å². The first-order chi connectivity index (χ1) is 7.63. The van der Waals surface area contributed by atoms with Gasteiger partial charge in [0.1, 0.15) is 0 Å². The highest BCUT2D eigenvalue weighted by Crippen LogP contribution is 2.39. The van der Waals surface area contributed by atoms with Crippen LogP contribution in [0.4, 0.5) is 10.8 Å².